The molecule has 1 aromatic rings. The third-order valence-corrected chi connectivity index (χ3v) is 3.62. The molecule has 0 N–H and O–H groups in total. The van der Waals surface area contributed by atoms with E-state index in [1.54, 1.807) is 18.2 Å². The molecule has 0 aliphatic carbocycles. The van der Waals surface area contributed by atoms with Crippen LogP contribution in [0.2, 0.25) is 0 Å². The fraction of sp³-hybridized carbons (Fsp3) is 0.231. The van der Waals surface area contributed by atoms with Gasteiger partial charge in [-0.3, -0.25) is 0 Å². The Morgan fingerprint density at radius 1 is 1.10 bits per heavy atom. The van der Waals surface area contributed by atoms with Crippen molar-refractivity contribution in [1.82, 2.24) is 0 Å². The summed E-state index contributed by atoms with van der Waals surface area (Å²) in [6, 6.07) is 5.05. The summed E-state index contributed by atoms with van der Waals surface area (Å²) >= 11 is 1.07. The van der Waals surface area contributed by atoms with Gasteiger partial charge in [0.25, 0.3) is 0 Å². The van der Waals surface area contributed by atoms with Crippen LogP contribution in [0.1, 0.15) is 0 Å². The maximum Gasteiger partial charge on any atom is 0.375 e. The lowest BCUT2D eigenvalue weighted by Crippen LogP contribution is -2.20. The van der Waals surface area contributed by atoms with Crippen LogP contribution in [0.25, 0.3) is 0 Å². The minimum absolute atomic E-state index is 0.0418. The van der Waals surface area contributed by atoms with E-state index in [4.69, 9.17) is 9.47 Å². The number of fused-ring (bicyclic) bond motifs is 1. The first-order valence-electron chi connectivity index (χ1n) is 5.55. The third-order valence-electron chi connectivity index (χ3n) is 2.52. The summed E-state index contributed by atoms with van der Waals surface area (Å²) in [6.45, 7) is 0. The fourth-order valence-corrected chi connectivity index (χ4v) is 2.54. The average Bonchev–Trinajstić information content (AvgIpc) is 2.51. The second-order valence-electron chi connectivity index (χ2n) is 3.66. The van der Waals surface area contributed by atoms with Crippen molar-refractivity contribution in [2.24, 2.45) is 0 Å². The van der Waals surface area contributed by atoms with E-state index in [9.17, 15) is 9.59 Å². The van der Waals surface area contributed by atoms with E-state index in [-0.39, 0.29) is 10.7 Å². The van der Waals surface area contributed by atoms with Crippen molar-refractivity contribution in [3.8, 4) is 11.5 Å². The molecular formula is C13H12O6S. The van der Waals surface area contributed by atoms with Crippen LogP contribution in [-0.2, 0) is 19.1 Å². The van der Waals surface area contributed by atoms with E-state index in [2.05, 4.69) is 9.47 Å². The molecular weight excluding hydrogens is 284 g/mol. The predicted octanol–water partition coefficient (Wildman–Crippen LogP) is 1.74. The van der Waals surface area contributed by atoms with Gasteiger partial charge in [0.15, 0.2) is 0 Å². The highest BCUT2D eigenvalue weighted by atomic mass is 32.2. The third kappa shape index (κ3) is 2.57. The van der Waals surface area contributed by atoms with Gasteiger partial charge in [0, 0.05) is 0 Å². The molecule has 1 aromatic carbocycles. The van der Waals surface area contributed by atoms with Gasteiger partial charge in [-0.1, -0.05) is 11.8 Å². The Bertz CT molecular complexity index is 593. The Balaban J connectivity index is 2.45. The first kappa shape index (κ1) is 14.3. The van der Waals surface area contributed by atoms with Gasteiger partial charge in [-0.25, -0.2) is 9.59 Å². The first-order valence-corrected chi connectivity index (χ1v) is 6.37. The van der Waals surface area contributed by atoms with Crippen LogP contribution in [0.5, 0.6) is 11.5 Å². The zero-order valence-corrected chi connectivity index (χ0v) is 11.9. The van der Waals surface area contributed by atoms with Gasteiger partial charge in [0.05, 0.1) is 26.2 Å². The molecule has 0 spiro atoms. The van der Waals surface area contributed by atoms with Crippen LogP contribution in [0.15, 0.2) is 33.8 Å². The molecule has 106 valence electrons. The van der Waals surface area contributed by atoms with Crippen LogP contribution in [-0.4, -0.2) is 33.3 Å². The quantitative estimate of drug-likeness (QED) is 0.787. The number of methoxy groups -OCH3 is 3. The van der Waals surface area contributed by atoms with Gasteiger partial charge >= 0.3 is 11.9 Å². The molecule has 1 aliphatic rings. The Labute approximate surface area is 119 Å². The van der Waals surface area contributed by atoms with Gasteiger partial charge in [0.1, 0.15) is 16.4 Å². The molecule has 0 radical (unpaired) electrons. The van der Waals surface area contributed by atoms with Crippen LogP contribution in [0.4, 0.5) is 0 Å². The number of carbonyl (C=O) groups excluding carboxylic acids is 2. The number of esters is 2. The van der Waals surface area contributed by atoms with Crippen LogP contribution >= 0.6 is 11.8 Å². The van der Waals surface area contributed by atoms with Crippen molar-refractivity contribution in [2.75, 3.05) is 21.3 Å². The lowest BCUT2D eigenvalue weighted by Gasteiger charge is -2.20. The summed E-state index contributed by atoms with van der Waals surface area (Å²) in [5.74, 6) is -0.514. The van der Waals surface area contributed by atoms with E-state index in [0.717, 1.165) is 11.8 Å². The second kappa shape index (κ2) is 5.87. The standard InChI is InChI=1S/C13H12O6S/c1-16-7-4-5-8-9(6-7)20-11(13(15)18-3)10(19-8)12(14)17-2/h4-6H,1-3H3. The molecule has 0 saturated carbocycles. The molecule has 20 heavy (non-hydrogen) atoms. The van der Waals surface area contributed by atoms with Crippen LogP contribution < -0.4 is 9.47 Å². The van der Waals surface area contributed by atoms with Gasteiger partial charge in [-0.15, -0.1) is 0 Å². The van der Waals surface area contributed by atoms with E-state index in [1.165, 1.54) is 21.3 Å². The van der Waals surface area contributed by atoms with Gasteiger partial charge in [-0.2, -0.15) is 0 Å². The largest absolute Gasteiger partial charge is 0.497 e. The summed E-state index contributed by atoms with van der Waals surface area (Å²) < 4.78 is 19.8. The van der Waals surface area contributed by atoms with Crippen molar-refractivity contribution >= 4 is 23.7 Å². The topological polar surface area (TPSA) is 71.1 Å². The van der Waals surface area contributed by atoms with Crippen molar-refractivity contribution in [2.45, 2.75) is 4.90 Å². The summed E-state index contributed by atoms with van der Waals surface area (Å²) in [4.78, 5) is 24.1. The van der Waals surface area contributed by atoms with Crippen molar-refractivity contribution in [3.63, 3.8) is 0 Å². The molecule has 7 heteroatoms. The molecule has 1 heterocycles. The normalized spacial score (nSPS) is 13.2. The number of thioether (sulfide) groups is 1. The van der Waals surface area contributed by atoms with E-state index < -0.39 is 11.9 Å². The zero-order valence-electron chi connectivity index (χ0n) is 11.1. The van der Waals surface area contributed by atoms with Crippen LogP contribution in [0.3, 0.4) is 0 Å². The molecule has 6 nitrogen and oxygen atoms in total. The van der Waals surface area contributed by atoms with Crippen molar-refractivity contribution in [3.05, 3.63) is 28.9 Å². The van der Waals surface area contributed by atoms with E-state index >= 15 is 0 Å². The van der Waals surface area contributed by atoms with Crippen molar-refractivity contribution in [1.29, 1.82) is 0 Å². The molecule has 0 amide bonds. The molecule has 0 unspecified atom stereocenters. The minimum Gasteiger partial charge on any atom is -0.497 e. The van der Waals surface area contributed by atoms with E-state index in [0.29, 0.717) is 16.4 Å². The highest BCUT2D eigenvalue weighted by molar-refractivity contribution is 8.04. The number of hydrogen-bond donors (Lipinski definition) is 0. The molecule has 0 bridgehead atoms. The van der Waals surface area contributed by atoms with Gasteiger partial charge in [-0.05, 0) is 18.2 Å². The lowest BCUT2D eigenvalue weighted by molar-refractivity contribution is -0.140. The molecule has 0 atom stereocenters. The molecule has 0 saturated heterocycles. The van der Waals surface area contributed by atoms with E-state index in [1.807, 2.05) is 0 Å². The molecule has 1 aliphatic heterocycles. The Morgan fingerprint density at radius 3 is 2.40 bits per heavy atom. The molecule has 0 aromatic heterocycles. The van der Waals surface area contributed by atoms with Crippen molar-refractivity contribution < 1.29 is 28.5 Å². The van der Waals surface area contributed by atoms with Crippen LogP contribution in [0, 0.1) is 0 Å². The summed E-state index contributed by atoms with van der Waals surface area (Å²) in [5.41, 5.74) is 0. The second-order valence-corrected chi connectivity index (χ2v) is 4.71. The monoisotopic (exact) mass is 296 g/mol. The number of hydrogen-bond acceptors (Lipinski definition) is 7. The predicted molar refractivity (Wildman–Crippen MR) is 70.5 cm³/mol. The molecule has 2 rings (SSSR count). The Kier molecular flexibility index (Phi) is 4.19. The minimum atomic E-state index is -0.737. The number of ether oxygens (including phenoxy) is 4. The fourth-order valence-electron chi connectivity index (χ4n) is 1.55. The molecule has 0 fully saturated rings. The average molecular weight is 296 g/mol. The number of carbonyl (C=O) groups is 2. The summed E-state index contributed by atoms with van der Waals surface area (Å²) in [5, 5.41) is 0. The lowest BCUT2D eigenvalue weighted by atomic mass is 10.3. The highest BCUT2D eigenvalue weighted by Crippen LogP contribution is 2.43. The SMILES string of the molecule is COC(=O)C1=C(C(=O)OC)Sc2cc(OC)ccc2O1. The number of benzene rings is 1. The zero-order chi connectivity index (χ0) is 14.7. The van der Waals surface area contributed by atoms with Gasteiger partial charge < -0.3 is 18.9 Å². The first-order chi connectivity index (χ1) is 9.60. The maximum atomic E-state index is 11.7. The summed E-state index contributed by atoms with van der Waals surface area (Å²) in [6.07, 6.45) is 0. The Morgan fingerprint density at radius 2 is 1.80 bits per heavy atom. The number of rotatable bonds is 3. The Hall–Kier alpha value is -2.15. The smallest absolute Gasteiger partial charge is 0.375 e. The van der Waals surface area contributed by atoms with Gasteiger partial charge in [0.2, 0.25) is 5.76 Å². The highest BCUT2D eigenvalue weighted by Gasteiger charge is 2.31. The summed E-state index contributed by atoms with van der Waals surface area (Å²) in [7, 11) is 3.97. The maximum absolute atomic E-state index is 11.7.